The number of hydrogen-bond donors (Lipinski definition) is 2. The van der Waals surface area contributed by atoms with E-state index in [0.29, 0.717) is 17.4 Å². The average Bonchev–Trinajstić information content (AvgIpc) is 2.38. The van der Waals surface area contributed by atoms with Crippen molar-refractivity contribution in [2.45, 2.75) is 58.9 Å². The van der Waals surface area contributed by atoms with Gasteiger partial charge in [-0.2, -0.15) is 0 Å². The van der Waals surface area contributed by atoms with Crippen LogP contribution in [0.4, 0.5) is 0 Å². The Hall–Kier alpha value is -0.860. The van der Waals surface area contributed by atoms with Gasteiger partial charge in [-0.05, 0) is 43.1 Å². The van der Waals surface area contributed by atoms with Gasteiger partial charge in [0.1, 0.15) is 0 Å². The summed E-state index contributed by atoms with van der Waals surface area (Å²) in [4.78, 5) is 0. The number of rotatable bonds is 4. The molecule has 19 heavy (non-hydrogen) atoms. The minimum absolute atomic E-state index is 0.387. The van der Waals surface area contributed by atoms with Crippen LogP contribution < -0.4 is 11.3 Å². The molecule has 1 aromatic carbocycles. The van der Waals surface area contributed by atoms with Gasteiger partial charge in [0, 0.05) is 6.04 Å². The Kier molecular flexibility index (Phi) is 4.64. The maximum Gasteiger partial charge on any atom is 0.0284 e. The molecule has 3 N–H and O–H groups in total. The number of benzene rings is 1. The largest absolute Gasteiger partial charge is 0.271 e. The van der Waals surface area contributed by atoms with Crippen molar-refractivity contribution in [2.75, 3.05) is 0 Å². The first-order valence-electron chi connectivity index (χ1n) is 7.54. The van der Waals surface area contributed by atoms with E-state index in [2.05, 4.69) is 50.5 Å². The Morgan fingerprint density at radius 2 is 1.95 bits per heavy atom. The van der Waals surface area contributed by atoms with Crippen LogP contribution in [0.1, 0.15) is 50.7 Å². The molecule has 2 unspecified atom stereocenters. The molecule has 1 aliphatic carbocycles. The molecule has 0 saturated heterocycles. The van der Waals surface area contributed by atoms with E-state index in [9.17, 15) is 0 Å². The summed E-state index contributed by atoms with van der Waals surface area (Å²) in [5.41, 5.74) is 6.20. The number of aryl methyl sites for hydroxylation is 1. The summed E-state index contributed by atoms with van der Waals surface area (Å²) in [6.07, 6.45) is 6.37. The molecule has 0 radical (unpaired) electrons. The lowest BCUT2D eigenvalue weighted by molar-refractivity contribution is 0.0982. The molecule has 1 aliphatic rings. The molecule has 1 saturated carbocycles. The molecule has 106 valence electrons. The van der Waals surface area contributed by atoms with Gasteiger partial charge in [-0.3, -0.25) is 11.3 Å². The fourth-order valence-electron chi connectivity index (χ4n) is 3.56. The van der Waals surface area contributed by atoms with E-state index >= 15 is 0 Å². The topological polar surface area (TPSA) is 38.0 Å². The highest BCUT2D eigenvalue weighted by molar-refractivity contribution is 5.22. The fraction of sp³-hybridized carbons (Fsp3) is 0.647. The lowest BCUT2D eigenvalue weighted by Crippen LogP contribution is -2.48. The van der Waals surface area contributed by atoms with E-state index in [0.717, 1.165) is 6.42 Å². The Bertz CT molecular complexity index is 394. The maximum absolute atomic E-state index is 5.85. The average molecular weight is 260 g/mol. The summed E-state index contributed by atoms with van der Waals surface area (Å²) >= 11 is 0. The van der Waals surface area contributed by atoms with Gasteiger partial charge >= 0.3 is 0 Å². The van der Waals surface area contributed by atoms with Crippen LogP contribution in [0, 0.1) is 18.3 Å². The molecule has 0 heterocycles. The van der Waals surface area contributed by atoms with Crippen molar-refractivity contribution in [3.05, 3.63) is 35.4 Å². The highest BCUT2D eigenvalue weighted by Gasteiger charge is 2.36. The second-order valence-electron chi connectivity index (χ2n) is 6.80. The van der Waals surface area contributed by atoms with Crippen LogP contribution in [0.2, 0.25) is 0 Å². The van der Waals surface area contributed by atoms with E-state index in [4.69, 9.17) is 5.84 Å². The zero-order valence-corrected chi connectivity index (χ0v) is 12.6. The van der Waals surface area contributed by atoms with Gasteiger partial charge in [0.25, 0.3) is 0 Å². The number of nitrogens with one attached hydrogen (secondary N) is 1. The SMILES string of the molecule is Cc1ccc(CC(NN)C2CCCCC2(C)C)cc1. The standard InChI is InChI=1S/C17H28N2/c1-13-7-9-14(10-8-13)12-16(19-18)15-6-4-5-11-17(15,2)3/h7-10,15-16,19H,4-6,11-12,18H2,1-3H3. The smallest absolute Gasteiger partial charge is 0.0284 e. The van der Waals surface area contributed by atoms with Crippen molar-refractivity contribution in [3.8, 4) is 0 Å². The summed E-state index contributed by atoms with van der Waals surface area (Å²) in [5.74, 6) is 6.53. The Labute approximate surface area is 117 Å². The molecule has 1 aromatic rings. The quantitative estimate of drug-likeness (QED) is 0.641. The fourth-order valence-corrected chi connectivity index (χ4v) is 3.56. The van der Waals surface area contributed by atoms with E-state index < -0.39 is 0 Å². The highest BCUT2D eigenvalue weighted by atomic mass is 15.2. The number of nitrogens with two attached hydrogens (primary N) is 1. The van der Waals surface area contributed by atoms with Crippen molar-refractivity contribution < 1.29 is 0 Å². The Balaban J connectivity index is 2.08. The number of hydrazine groups is 1. The van der Waals surface area contributed by atoms with Crippen LogP contribution in [0.3, 0.4) is 0 Å². The predicted molar refractivity (Wildman–Crippen MR) is 81.7 cm³/mol. The maximum atomic E-state index is 5.85. The molecular formula is C17H28N2. The molecule has 0 aliphatic heterocycles. The summed E-state index contributed by atoms with van der Waals surface area (Å²) < 4.78 is 0. The van der Waals surface area contributed by atoms with E-state index in [1.807, 2.05) is 0 Å². The zero-order valence-electron chi connectivity index (χ0n) is 12.6. The molecular weight excluding hydrogens is 232 g/mol. The number of hydrogen-bond acceptors (Lipinski definition) is 2. The Morgan fingerprint density at radius 1 is 1.26 bits per heavy atom. The zero-order chi connectivity index (χ0) is 13.9. The van der Waals surface area contributed by atoms with E-state index in [1.54, 1.807) is 0 Å². The molecule has 0 spiro atoms. The first-order valence-corrected chi connectivity index (χ1v) is 7.54. The van der Waals surface area contributed by atoms with Gasteiger partial charge in [-0.15, -0.1) is 0 Å². The van der Waals surface area contributed by atoms with Crippen molar-refractivity contribution >= 4 is 0 Å². The van der Waals surface area contributed by atoms with Crippen LogP contribution in [0.5, 0.6) is 0 Å². The summed E-state index contributed by atoms with van der Waals surface area (Å²) in [7, 11) is 0. The van der Waals surface area contributed by atoms with Gasteiger partial charge in [0.05, 0.1) is 0 Å². The van der Waals surface area contributed by atoms with E-state index in [1.165, 1.54) is 36.8 Å². The van der Waals surface area contributed by atoms with Crippen LogP contribution in [-0.4, -0.2) is 6.04 Å². The normalized spacial score (nSPS) is 24.1. The second kappa shape index (κ2) is 6.06. The molecule has 0 bridgehead atoms. The molecule has 0 aromatic heterocycles. The van der Waals surface area contributed by atoms with Gasteiger partial charge < -0.3 is 0 Å². The minimum Gasteiger partial charge on any atom is -0.271 e. The van der Waals surface area contributed by atoms with Gasteiger partial charge in [0.15, 0.2) is 0 Å². The molecule has 2 nitrogen and oxygen atoms in total. The third-order valence-corrected chi connectivity index (χ3v) is 4.87. The van der Waals surface area contributed by atoms with Crippen molar-refractivity contribution in [3.63, 3.8) is 0 Å². The third-order valence-electron chi connectivity index (χ3n) is 4.87. The van der Waals surface area contributed by atoms with Crippen LogP contribution in [-0.2, 0) is 6.42 Å². The van der Waals surface area contributed by atoms with Crippen molar-refractivity contribution in [2.24, 2.45) is 17.2 Å². The van der Waals surface area contributed by atoms with Crippen LogP contribution in [0.25, 0.3) is 0 Å². The highest BCUT2D eigenvalue weighted by Crippen LogP contribution is 2.42. The van der Waals surface area contributed by atoms with Gasteiger partial charge in [-0.1, -0.05) is 56.5 Å². The molecule has 2 heteroatoms. The first-order chi connectivity index (χ1) is 9.03. The Morgan fingerprint density at radius 3 is 2.53 bits per heavy atom. The van der Waals surface area contributed by atoms with Crippen LogP contribution in [0.15, 0.2) is 24.3 Å². The molecule has 1 fully saturated rings. The monoisotopic (exact) mass is 260 g/mol. The molecule has 0 amide bonds. The molecule has 2 atom stereocenters. The lowest BCUT2D eigenvalue weighted by atomic mass is 9.65. The van der Waals surface area contributed by atoms with Gasteiger partial charge in [0.2, 0.25) is 0 Å². The summed E-state index contributed by atoms with van der Waals surface area (Å²) in [6, 6.07) is 9.23. The van der Waals surface area contributed by atoms with Crippen molar-refractivity contribution in [1.82, 2.24) is 5.43 Å². The lowest BCUT2D eigenvalue weighted by Gasteiger charge is -2.43. The first kappa shape index (κ1) is 14.5. The third kappa shape index (κ3) is 3.58. The predicted octanol–water partition coefficient (Wildman–Crippen LogP) is 3.59. The van der Waals surface area contributed by atoms with E-state index in [-0.39, 0.29) is 0 Å². The minimum atomic E-state index is 0.387. The second-order valence-corrected chi connectivity index (χ2v) is 6.80. The molecule has 2 rings (SSSR count). The van der Waals surface area contributed by atoms with Crippen LogP contribution >= 0.6 is 0 Å². The summed E-state index contributed by atoms with van der Waals surface area (Å²) in [6.45, 7) is 6.93. The van der Waals surface area contributed by atoms with Crippen molar-refractivity contribution in [1.29, 1.82) is 0 Å². The summed E-state index contributed by atoms with van der Waals surface area (Å²) in [5, 5.41) is 0. The van der Waals surface area contributed by atoms with Gasteiger partial charge in [-0.25, -0.2) is 0 Å².